The van der Waals surface area contributed by atoms with E-state index in [2.05, 4.69) is 22.5 Å². The number of aromatic nitrogens is 2. The van der Waals surface area contributed by atoms with Gasteiger partial charge in [-0.3, -0.25) is 0 Å². The molecule has 0 saturated heterocycles. The highest BCUT2D eigenvalue weighted by molar-refractivity contribution is 6.47. The van der Waals surface area contributed by atoms with Crippen LogP contribution in [-0.4, -0.2) is 27.3 Å². The standard InChI is InChI=1S/C23H26Cl3N3O.C2H6/c1-3-6-16(14(2)30)17-7-4-8-18(25)21-22(17)29-12-5-11-28(23(29)27-21)20-10-9-15(24)13-19(20)26;1-2/h4,8-10,13-14,16,30H,3,5-7,11-12H2,1-2H3;1-2H3. The van der Waals surface area contributed by atoms with Gasteiger partial charge in [0, 0.05) is 24.0 Å². The normalized spacial score (nSPS) is 17.2. The molecule has 0 bridgehead atoms. The van der Waals surface area contributed by atoms with Gasteiger partial charge in [-0.15, -0.1) is 0 Å². The van der Waals surface area contributed by atoms with Crippen LogP contribution in [0.2, 0.25) is 10.0 Å². The SMILES string of the molecule is CC.CCCC(C1=c2c(nc3n2CCCN3c2ccc(Cl)cc2Cl)=C(Cl)C=CC1)C(C)O. The van der Waals surface area contributed by atoms with E-state index in [0.717, 1.165) is 61.1 Å². The van der Waals surface area contributed by atoms with Crippen molar-refractivity contribution in [1.29, 1.82) is 0 Å². The smallest absolute Gasteiger partial charge is 0.211 e. The first-order valence-corrected chi connectivity index (χ1v) is 12.6. The number of anilines is 2. The summed E-state index contributed by atoms with van der Waals surface area (Å²) in [5.41, 5.74) is 2.09. The number of benzene rings is 1. The summed E-state index contributed by atoms with van der Waals surface area (Å²) in [4.78, 5) is 7.12. The van der Waals surface area contributed by atoms with Crippen molar-refractivity contribution in [1.82, 2.24) is 9.55 Å². The van der Waals surface area contributed by atoms with Gasteiger partial charge in [0.2, 0.25) is 5.95 Å². The Hall–Kier alpha value is -1.46. The van der Waals surface area contributed by atoms with E-state index in [-0.39, 0.29) is 5.92 Å². The maximum Gasteiger partial charge on any atom is 0.211 e. The highest BCUT2D eigenvalue weighted by Gasteiger charge is 2.28. The molecule has 32 heavy (non-hydrogen) atoms. The van der Waals surface area contributed by atoms with Crippen molar-refractivity contribution in [3.05, 3.63) is 51.1 Å². The van der Waals surface area contributed by atoms with Crippen molar-refractivity contribution in [3.8, 4) is 0 Å². The number of fused-ring (bicyclic) bond motifs is 3. The minimum absolute atomic E-state index is 0.0660. The van der Waals surface area contributed by atoms with E-state index in [1.807, 2.05) is 39.0 Å². The first kappa shape index (κ1) is 25.2. The Labute approximate surface area is 205 Å². The largest absolute Gasteiger partial charge is 0.393 e. The fourth-order valence-electron chi connectivity index (χ4n) is 4.58. The zero-order valence-electron chi connectivity index (χ0n) is 19.2. The average Bonchev–Trinajstić information content (AvgIpc) is 3.09. The van der Waals surface area contributed by atoms with Gasteiger partial charge < -0.3 is 14.6 Å². The quantitative estimate of drug-likeness (QED) is 0.551. The molecular formula is C25H32Cl3N3O. The van der Waals surface area contributed by atoms with Crippen LogP contribution < -0.4 is 15.6 Å². The van der Waals surface area contributed by atoms with Crippen LogP contribution in [0, 0.1) is 5.92 Å². The van der Waals surface area contributed by atoms with Crippen LogP contribution in [0.4, 0.5) is 11.6 Å². The Bertz CT molecular complexity index is 1100. The van der Waals surface area contributed by atoms with Gasteiger partial charge in [-0.2, -0.15) is 0 Å². The van der Waals surface area contributed by atoms with Crippen molar-refractivity contribution in [2.45, 2.75) is 66.0 Å². The summed E-state index contributed by atoms with van der Waals surface area (Å²) in [5.74, 6) is 0.901. The molecule has 1 N–H and O–H groups in total. The molecule has 0 fully saturated rings. The molecule has 1 aliphatic heterocycles. The van der Waals surface area contributed by atoms with E-state index >= 15 is 0 Å². The fraction of sp³-hybridized carbons (Fsp3) is 0.480. The Morgan fingerprint density at radius 3 is 2.56 bits per heavy atom. The highest BCUT2D eigenvalue weighted by atomic mass is 35.5. The number of imidazole rings is 1. The molecule has 2 aromatic rings. The molecule has 0 amide bonds. The van der Waals surface area contributed by atoms with Crippen molar-refractivity contribution < 1.29 is 5.11 Å². The summed E-state index contributed by atoms with van der Waals surface area (Å²) in [6, 6.07) is 5.54. The molecule has 0 radical (unpaired) electrons. The minimum Gasteiger partial charge on any atom is -0.393 e. The number of rotatable bonds is 5. The second-order valence-electron chi connectivity index (χ2n) is 7.98. The number of halogens is 3. The van der Waals surface area contributed by atoms with Gasteiger partial charge in [0.15, 0.2) is 0 Å². The minimum atomic E-state index is -0.436. The van der Waals surface area contributed by atoms with Crippen LogP contribution in [0.25, 0.3) is 10.6 Å². The number of allylic oxidation sites excluding steroid dienone is 2. The monoisotopic (exact) mass is 495 g/mol. The third-order valence-electron chi connectivity index (χ3n) is 5.91. The molecule has 0 saturated carbocycles. The number of nitrogens with zero attached hydrogens (tertiary/aromatic N) is 3. The van der Waals surface area contributed by atoms with E-state index in [1.54, 1.807) is 6.07 Å². The number of hydrogen-bond acceptors (Lipinski definition) is 3. The summed E-state index contributed by atoms with van der Waals surface area (Å²) in [6.07, 6.45) is 7.21. The van der Waals surface area contributed by atoms with Crippen molar-refractivity contribution in [2.75, 3.05) is 11.4 Å². The van der Waals surface area contributed by atoms with Crippen LogP contribution in [0.1, 0.15) is 53.4 Å². The topological polar surface area (TPSA) is 41.3 Å². The molecule has 1 aliphatic carbocycles. The summed E-state index contributed by atoms with van der Waals surface area (Å²) in [6.45, 7) is 9.69. The Morgan fingerprint density at radius 1 is 1.16 bits per heavy atom. The molecule has 4 nitrogen and oxygen atoms in total. The molecule has 0 spiro atoms. The van der Waals surface area contributed by atoms with Gasteiger partial charge in [-0.1, -0.05) is 68.1 Å². The van der Waals surface area contributed by atoms with Crippen LogP contribution in [0.15, 0.2) is 30.4 Å². The van der Waals surface area contributed by atoms with Crippen molar-refractivity contribution >= 4 is 57.0 Å². The molecule has 2 unspecified atom stereocenters. The van der Waals surface area contributed by atoms with Gasteiger partial charge in [0.05, 0.1) is 27.2 Å². The summed E-state index contributed by atoms with van der Waals surface area (Å²) in [7, 11) is 0. The summed E-state index contributed by atoms with van der Waals surface area (Å²) >= 11 is 19.3. The van der Waals surface area contributed by atoms with Gasteiger partial charge in [0.25, 0.3) is 0 Å². The van der Waals surface area contributed by atoms with Crippen molar-refractivity contribution in [3.63, 3.8) is 0 Å². The maximum absolute atomic E-state index is 10.6. The molecule has 1 aromatic carbocycles. The van der Waals surface area contributed by atoms with Crippen LogP contribution >= 0.6 is 34.8 Å². The molecule has 174 valence electrons. The van der Waals surface area contributed by atoms with E-state index in [9.17, 15) is 5.11 Å². The zero-order chi connectivity index (χ0) is 23.4. The first-order chi connectivity index (χ1) is 15.4. The Morgan fingerprint density at radius 2 is 1.91 bits per heavy atom. The Balaban J connectivity index is 0.00000141. The van der Waals surface area contributed by atoms with Gasteiger partial charge in [-0.05, 0) is 56.0 Å². The zero-order valence-corrected chi connectivity index (χ0v) is 21.5. The third-order valence-corrected chi connectivity index (χ3v) is 6.76. The highest BCUT2D eigenvalue weighted by Crippen LogP contribution is 2.35. The second kappa shape index (κ2) is 11.1. The second-order valence-corrected chi connectivity index (χ2v) is 9.23. The van der Waals surface area contributed by atoms with E-state index in [1.165, 1.54) is 5.57 Å². The first-order valence-electron chi connectivity index (χ1n) is 11.5. The van der Waals surface area contributed by atoms with Crippen LogP contribution in [-0.2, 0) is 6.54 Å². The molecular weight excluding hydrogens is 465 g/mol. The number of aliphatic hydroxyl groups excluding tert-OH is 1. The van der Waals surface area contributed by atoms with Crippen LogP contribution in [0.5, 0.6) is 0 Å². The van der Waals surface area contributed by atoms with Gasteiger partial charge >= 0.3 is 0 Å². The maximum atomic E-state index is 10.6. The van der Waals surface area contributed by atoms with Gasteiger partial charge in [0.1, 0.15) is 5.35 Å². The van der Waals surface area contributed by atoms with Gasteiger partial charge in [-0.25, -0.2) is 4.98 Å². The molecule has 7 heteroatoms. The molecule has 1 aromatic heterocycles. The van der Waals surface area contributed by atoms with E-state index < -0.39 is 6.10 Å². The predicted molar refractivity (Wildman–Crippen MR) is 137 cm³/mol. The lowest BCUT2D eigenvalue weighted by molar-refractivity contribution is 0.146. The predicted octanol–water partition coefficient (Wildman–Crippen LogP) is 6.01. The summed E-state index contributed by atoms with van der Waals surface area (Å²) in [5, 5.41) is 14.2. The Kier molecular flexibility index (Phi) is 8.74. The molecule has 2 atom stereocenters. The number of aliphatic hydroxyl groups is 1. The number of hydrogen-bond donors (Lipinski definition) is 1. The van der Waals surface area contributed by atoms with E-state index in [4.69, 9.17) is 39.8 Å². The molecule has 4 rings (SSSR count). The fourth-order valence-corrected chi connectivity index (χ4v) is 5.31. The third kappa shape index (κ3) is 4.89. The summed E-state index contributed by atoms with van der Waals surface area (Å²) < 4.78 is 2.25. The average molecular weight is 497 g/mol. The lowest BCUT2D eigenvalue weighted by Gasteiger charge is -2.30. The lowest BCUT2D eigenvalue weighted by atomic mass is 9.87. The van der Waals surface area contributed by atoms with E-state index in [0.29, 0.717) is 15.1 Å². The molecule has 2 aliphatic rings. The lowest BCUT2D eigenvalue weighted by Crippen LogP contribution is -2.39. The van der Waals surface area contributed by atoms with Crippen LogP contribution in [0.3, 0.4) is 0 Å². The van der Waals surface area contributed by atoms with Crippen molar-refractivity contribution in [2.24, 2.45) is 5.92 Å². The molecule has 2 heterocycles.